The Balaban J connectivity index is 1.56. The van der Waals surface area contributed by atoms with Gasteiger partial charge in [0.05, 0.1) is 31.4 Å². The van der Waals surface area contributed by atoms with Crippen LogP contribution in [0.25, 0.3) is 6.08 Å². The zero-order valence-corrected chi connectivity index (χ0v) is 19.5. The molecule has 32 heavy (non-hydrogen) atoms. The van der Waals surface area contributed by atoms with Crippen LogP contribution in [0, 0.1) is 0 Å². The van der Waals surface area contributed by atoms with Crippen LogP contribution in [0.15, 0.2) is 63.7 Å². The molecule has 2 aromatic carbocycles. The number of carbonyl (C=O) groups excluding carboxylic acids is 2. The molecule has 2 heterocycles. The highest BCUT2D eigenvalue weighted by Gasteiger charge is 2.27. The number of methoxy groups -OCH3 is 2. The summed E-state index contributed by atoms with van der Waals surface area (Å²) in [7, 11) is 4.88. The summed E-state index contributed by atoms with van der Waals surface area (Å²) < 4.78 is 10.6. The van der Waals surface area contributed by atoms with Gasteiger partial charge in [0.1, 0.15) is 0 Å². The summed E-state index contributed by atoms with van der Waals surface area (Å²) >= 11 is 2.98. The van der Waals surface area contributed by atoms with E-state index in [1.165, 1.54) is 11.8 Å². The molecule has 0 saturated carbocycles. The number of carbonyl (C=O) groups is 2. The Hall–Kier alpha value is -3.23. The predicted molar refractivity (Wildman–Crippen MR) is 129 cm³/mol. The lowest BCUT2D eigenvalue weighted by Gasteiger charge is -2.27. The van der Waals surface area contributed by atoms with Crippen LogP contribution in [-0.2, 0) is 11.3 Å². The van der Waals surface area contributed by atoms with Gasteiger partial charge in [-0.1, -0.05) is 23.9 Å². The molecule has 164 valence electrons. The van der Waals surface area contributed by atoms with Crippen LogP contribution < -0.4 is 19.7 Å². The molecule has 1 N–H and O–H groups in total. The standard InChI is InChI=1S/C24H22N2O4S2/c1-26-18-13-16(23(27)25-14-17-5-4-10-31-17)7-9-21(18)32-22(24(26)28)12-15-6-8-19(29-2)20(11-15)30-3/h4-13H,14H2,1-3H3,(H,25,27)/b22-12-. The second-order valence-electron chi connectivity index (χ2n) is 7.03. The van der Waals surface area contributed by atoms with Gasteiger partial charge in [0, 0.05) is 22.4 Å². The number of thioether (sulfide) groups is 1. The van der Waals surface area contributed by atoms with Crippen molar-refractivity contribution in [3.63, 3.8) is 0 Å². The topological polar surface area (TPSA) is 67.9 Å². The molecule has 0 bridgehead atoms. The fraction of sp³-hybridized carbons (Fsp3) is 0.167. The van der Waals surface area contributed by atoms with E-state index < -0.39 is 0 Å². The molecule has 0 saturated heterocycles. The van der Waals surface area contributed by atoms with E-state index >= 15 is 0 Å². The molecule has 0 aliphatic carbocycles. The number of thiophene rings is 1. The van der Waals surface area contributed by atoms with E-state index in [2.05, 4.69) is 5.32 Å². The molecule has 0 spiro atoms. The summed E-state index contributed by atoms with van der Waals surface area (Å²) in [5.74, 6) is 0.929. The third kappa shape index (κ3) is 4.51. The Bertz CT molecular complexity index is 1190. The third-order valence-electron chi connectivity index (χ3n) is 5.03. The number of fused-ring (bicyclic) bond motifs is 1. The second-order valence-corrected chi connectivity index (χ2v) is 9.15. The van der Waals surface area contributed by atoms with Crippen LogP contribution >= 0.6 is 23.1 Å². The van der Waals surface area contributed by atoms with Crippen molar-refractivity contribution in [1.29, 1.82) is 0 Å². The smallest absolute Gasteiger partial charge is 0.264 e. The van der Waals surface area contributed by atoms with Crippen molar-refractivity contribution in [2.45, 2.75) is 11.4 Å². The molecule has 1 aromatic heterocycles. The zero-order chi connectivity index (χ0) is 22.7. The van der Waals surface area contributed by atoms with Crippen LogP contribution in [-0.4, -0.2) is 33.1 Å². The largest absolute Gasteiger partial charge is 0.493 e. The predicted octanol–water partition coefficient (Wildman–Crippen LogP) is 4.80. The van der Waals surface area contributed by atoms with Gasteiger partial charge in [-0.15, -0.1) is 11.3 Å². The van der Waals surface area contributed by atoms with Crippen LogP contribution in [0.2, 0.25) is 0 Å². The molecule has 6 nitrogen and oxygen atoms in total. The Morgan fingerprint density at radius 2 is 1.91 bits per heavy atom. The van der Waals surface area contributed by atoms with Crippen molar-refractivity contribution in [2.24, 2.45) is 0 Å². The highest BCUT2D eigenvalue weighted by Crippen LogP contribution is 2.42. The van der Waals surface area contributed by atoms with E-state index in [9.17, 15) is 9.59 Å². The summed E-state index contributed by atoms with van der Waals surface area (Å²) in [5.41, 5.74) is 2.07. The van der Waals surface area contributed by atoms with E-state index in [1.807, 2.05) is 47.9 Å². The van der Waals surface area contributed by atoms with E-state index in [-0.39, 0.29) is 11.8 Å². The first kappa shape index (κ1) is 22.0. The van der Waals surface area contributed by atoms with Crippen LogP contribution in [0.3, 0.4) is 0 Å². The molecule has 0 fully saturated rings. The Labute approximate surface area is 194 Å². The average molecular weight is 467 g/mol. The second kappa shape index (κ2) is 9.50. The summed E-state index contributed by atoms with van der Waals surface area (Å²) in [6.07, 6.45) is 1.83. The van der Waals surface area contributed by atoms with E-state index in [1.54, 1.807) is 49.6 Å². The number of amides is 2. The molecular formula is C24H22N2O4S2. The molecule has 8 heteroatoms. The van der Waals surface area contributed by atoms with E-state index in [0.29, 0.717) is 34.2 Å². The fourth-order valence-electron chi connectivity index (χ4n) is 3.31. The summed E-state index contributed by atoms with van der Waals surface area (Å²) in [5, 5.41) is 4.90. The van der Waals surface area contributed by atoms with Crippen molar-refractivity contribution in [3.05, 3.63) is 74.8 Å². The number of hydrogen-bond acceptors (Lipinski definition) is 6. The maximum absolute atomic E-state index is 13.0. The SMILES string of the molecule is COc1ccc(/C=C2\Sc3ccc(C(=O)NCc4cccs4)cc3N(C)C2=O)cc1OC. The molecule has 0 radical (unpaired) electrons. The molecule has 1 aliphatic heterocycles. The van der Waals surface area contributed by atoms with Gasteiger partial charge >= 0.3 is 0 Å². The molecule has 2 amide bonds. The van der Waals surface area contributed by atoms with E-state index in [4.69, 9.17) is 9.47 Å². The van der Waals surface area contributed by atoms with Crippen molar-refractivity contribution in [3.8, 4) is 11.5 Å². The Morgan fingerprint density at radius 1 is 1.09 bits per heavy atom. The minimum absolute atomic E-state index is 0.131. The first-order chi connectivity index (χ1) is 15.5. The minimum atomic E-state index is -0.168. The molecule has 1 aliphatic rings. The Kier molecular flexibility index (Phi) is 6.53. The Morgan fingerprint density at radius 3 is 2.62 bits per heavy atom. The van der Waals surface area contributed by atoms with Gasteiger partial charge in [-0.05, 0) is 53.4 Å². The highest BCUT2D eigenvalue weighted by atomic mass is 32.2. The molecule has 3 aromatic rings. The molecule has 0 atom stereocenters. The normalized spacial score (nSPS) is 14.3. The maximum atomic E-state index is 13.0. The van der Waals surface area contributed by atoms with Gasteiger partial charge in [0.2, 0.25) is 0 Å². The molecule has 4 rings (SSSR count). The zero-order valence-electron chi connectivity index (χ0n) is 17.9. The number of likely N-dealkylation sites (N-methyl/N-ethyl adjacent to an activating group) is 1. The van der Waals surface area contributed by atoms with Gasteiger partial charge in [0.25, 0.3) is 11.8 Å². The molecule has 0 unspecified atom stereocenters. The van der Waals surface area contributed by atoms with E-state index in [0.717, 1.165) is 15.3 Å². The van der Waals surface area contributed by atoms with Crippen LogP contribution in [0.5, 0.6) is 11.5 Å². The number of anilines is 1. The first-order valence-electron chi connectivity index (χ1n) is 9.84. The van der Waals surface area contributed by atoms with Crippen LogP contribution in [0.4, 0.5) is 5.69 Å². The van der Waals surface area contributed by atoms with Crippen molar-refractivity contribution in [1.82, 2.24) is 5.32 Å². The van der Waals surface area contributed by atoms with Crippen molar-refractivity contribution in [2.75, 3.05) is 26.2 Å². The number of nitrogens with one attached hydrogen (secondary N) is 1. The summed E-state index contributed by atoms with van der Waals surface area (Å²) in [6.45, 7) is 0.481. The number of hydrogen-bond donors (Lipinski definition) is 1. The number of rotatable bonds is 6. The van der Waals surface area contributed by atoms with Crippen LogP contribution in [0.1, 0.15) is 20.8 Å². The lowest BCUT2D eigenvalue weighted by molar-refractivity contribution is -0.114. The number of benzene rings is 2. The number of ether oxygens (including phenoxy) is 2. The fourth-order valence-corrected chi connectivity index (χ4v) is 5.05. The lowest BCUT2D eigenvalue weighted by Crippen LogP contribution is -2.30. The van der Waals surface area contributed by atoms with Gasteiger partial charge < -0.3 is 19.7 Å². The summed E-state index contributed by atoms with van der Waals surface area (Å²) in [4.78, 5) is 29.8. The molecular weight excluding hydrogens is 444 g/mol. The number of nitrogens with zero attached hydrogens (tertiary/aromatic N) is 1. The quantitative estimate of drug-likeness (QED) is 0.529. The average Bonchev–Trinajstić information content (AvgIpc) is 3.34. The van der Waals surface area contributed by atoms with Gasteiger partial charge in [0.15, 0.2) is 11.5 Å². The van der Waals surface area contributed by atoms with Crippen molar-refractivity contribution >= 4 is 46.7 Å². The maximum Gasteiger partial charge on any atom is 0.264 e. The minimum Gasteiger partial charge on any atom is -0.493 e. The van der Waals surface area contributed by atoms with Gasteiger partial charge in [-0.3, -0.25) is 9.59 Å². The van der Waals surface area contributed by atoms with Gasteiger partial charge in [-0.25, -0.2) is 0 Å². The lowest BCUT2D eigenvalue weighted by atomic mass is 10.1. The van der Waals surface area contributed by atoms with Gasteiger partial charge in [-0.2, -0.15) is 0 Å². The first-order valence-corrected chi connectivity index (χ1v) is 11.5. The monoisotopic (exact) mass is 466 g/mol. The van der Waals surface area contributed by atoms with Crippen molar-refractivity contribution < 1.29 is 19.1 Å². The summed E-state index contributed by atoms with van der Waals surface area (Å²) in [6, 6.07) is 14.9. The highest BCUT2D eigenvalue weighted by molar-refractivity contribution is 8.04. The third-order valence-corrected chi connectivity index (χ3v) is 6.98.